The molecule has 2 heteroatoms. The van der Waals surface area contributed by atoms with E-state index < -0.39 is 0 Å². The zero-order valence-corrected chi connectivity index (χ0v) is 14.1. The van der Waals surface area contributed by atoms with Crippen molar-refractivity contribution < 1.29 is 4.74 Å². The lowest BCUT2D eigenvalue weighted by atomic mass is 9.98. The van der Waals surface area contributed by atoms with Crippen LogP contribution in [-0.4, -0.2) is 25.8 Å². The minimum atomic E-state index is 0.771. The van der Waals surface area contributed by atoms with Crippen LogP contribution in [0.4, 0.5) is 0 Å². The highest BCUT2D eigenvalue weighted by molar-refractivity contribution is 4.72. The normalized spacial score (nSPS) is 23.4. The molecule has 2 rings (SSSR count). The second-order valence-corrected chi connectivity index (χ2v) is 7.28. The maximum atomic E-state index is 5.72. The van der Waals surface area contributed by atoms with Crippen LogP contribution in [0.1, 0.15) is 89.9 Å². The zero-order chi connectivity index (χ0) is 14.6. The van der Waals surface area contributed by atoms with E-state index in [2.05, 4.69) is 5.32 Å². The van der Waals surface area contributed by atoms with Gasteiger partial charge in [0.15, 0.2) is 0 Å². The molecule has 0 heterocycles. The molecule has 0 aromatic rings. The maximum Gasteiger partial charge on any atom is 0.0494 e. The second-order valence-electron chi connectivity index (χ2n) is 7.28. The average Bonchev–Trinajstić information content (AvgIpc) is 3.29. The molecule has 1 N–H and O–H groups in total. The molecule has 2 nitrogen and oxygen atoms in total. The van der Waals surface area contributed by atoms with Crippen LogP contribution in [0.25, 0.3) is 0 Å². The lowest BCUT2D eigenvalue weighted by Crippen LogP contribution is -2.30. The number of ether oxygens (including phenoxy) is 1. The molecule has 2 saturated carbocycles. The van der Waals surface area contributed by atoms with Crippen LogP contribution in [0.3, 0.4) is 0 Å². The Bertz CT molecular complexity index is 228. The van der Waals surface area contributed by atoms with Crippen LogP contribution in [-0.2, 0) is 4.74 Å². The van der Waals surface area contributed by atoms with Crippen molar-refractivity contribution >= 4 is 0 Å². The van der Waals surface area contributed by atoms with Crippen LogP contribution in [0, 0.1) is 5.92 Å². The second kappa shape index (κ2) is 11.5. The van der Waals surface area contributed by atoms with Crippen molar-refractivity contribution in [3.63, 3.8) is 0 Å². The van der Waals surface area contributed by atoms with Gasteiger partial charge in [0.2, 0.25) is 0 Å². The van der Waals surface area contributed by atoms with Gasteiger partial charge in [-0.05, 0) is 44.6 Å². The van der Waals surface area contributed by atoms with Crippen molar-refractivity contribution in [2.75, 3.05) is 19.8 Å². The van der Waals surface area contributed by atoms with E-state index in [9.17, 15) is 0 Å². The molecule has 2 fully saturated rings. The fourth-order valence-electron chi connectivity index (χ4n) is 3.38. The van der Waals surface area contributed by atoms with E-state index in [0.29, 0.717) is 0 Å². The number of nitrogens with one attached hydrogen (secondary N) is 1. The minimum Gasteiger partial charge on any atom is -0.381 e. The highest BCUT2D eigenvalue weighted by Gasteiger charge is 2.20. The van der Waals surface area contributed by atoms with Crippen molar-refractivity contribution in [3.8, 4) is 0 Å². The van der Waals surface area contributed by atoms with Crippen LogP contribution < -0.4 is 5.32 Å². The summed E-state index contributed by atoms with van der Waals surface area (Å²) in [5, 5.41) is 3.80. The van der Waals surface area contributed by atoms with Crippen molar-refractivity contribution in [2.45, 2.75) is 95.9 Å². The first-order valence-corrected chi connectivity index (χ1v) is 9.76. The summed E-state index contributed by atoms with van der Waals surface area (Å²) in [6.45, 7) is 3.12. The van der Waals surface area contributed by atoms with E-state index in [1.54, 1.807) is 0 Å². The van der Waals surface area contributed by atoms with Gasteiger partial charge in [-0.2, -0.15) is 0 Å². The summed E-state index contributed by atoms with van der Waals surface area (Å²) in [5.74, 6) is 0.907. The van der Waals surface area contributed by atoms with Gasteiger partial charge < -0.3 is 10.1 Å². The molecule has 2 aliphatic rings. The Balaban J connectivity index is 1.49. The number of hydrogen-bond acceptors (Lipinski definition) is 2. The number of rotatable bonds is 7. The first kappa shape index (κ1) is 17.3. The Morgan fingerprint density at radius 1 is 0.714 bits per heavy atom. The fourth-order valence-corrected chi connectivity index (χ4v) is 3.38. The summed E-state index contributed by atoms with van der Waals surface area (Å²) in [4.78, 5) is 0. The number of hydrogen-bond donors (Lipinski definition) is 1. The Labute approximate surface area is 132 Å². The fraction of sp³-hybridized carbons (Fsp3) is 1.00. The summed E-state index contributed by atoms with van der Waals surface area (Å²) in [6.07, 6.45) is 19.9. The Morgan fingerprint density at radius 3 is 1.86 bits per heavy atom. The zero-order valence-electron chi connectivity index (χ0n) is 14.1. The van der Waals surface area contributed by atoms with E-state index in [0.717, 1.165) is 31.7 Å². The minimum absolute atomic E-state index is 0.771. The van der Waals surface area contributed by atoms with Crippen LogP contribution in [0.2, 0.25) is 0 Å². The van der Waals surface area contributed by atoms with E-state index in [1.165, 1.54) is 89.9 Å². The maximum absolute atomic E-state index is 5.72. The highest BCUT2D eigenvalue weighted by Crippen LogP contribution is 2.28. The van der Waals surface area contributed by atoms with Crippen LogP contribution in [0.15, 0.2) is 0 Å². The quantitative estimate of drug-likeness (QED) is 0.662. The lowest BCUT2D eigenvalue weighted by molar-refractivity contribution is 0.121. The highest BCUT2D eigenvalue weighted by atomic mass is 16.5. The van der Waals surface area contributed by atoms with Gasteiger partial charge >= 0.3 is 0 Å². The molecule has 0 amide bonds. The molecule has 21 heavy (non-hydrogen) atoms. The molecule has 124 valence electrons. The Kier molecular flexibility index (Phi) is 9.45. The molecular weight excluding hydrogens is 258 g/mol. The molecule has 0 aromatic carbocycles. The first-order chi connectivity index (χ1) is 10.4. The van der Waals surface area contributed by atoms with Crippen LogP contribution in [0.5, 0.6) is 0 Å². The molecule has 0 spiro atoms. The van der Waals surface area contributed by atoms with Gasteiger partial charge in [0.05, 0.1) is 0 Å². The van der Waals surface area contributed by atoms with E-state index >= 15 is 0 Å². The van der Waals surface area contributed by atoms with Gasteiger partial charge in [0, 0.05) is 19.3 Å². The molecule has 0 aliphatic heterocycles. The standard InChI is InChI=1S/C19H37NO/c1-2-4-6-8-11-19(12-9-7-5-3-1)20-15-10-16-21-17-18-13-14-18/h18-20H,1-17H2. The molecular formula is C19H37NO. The summed E-state index contributed by atoms with van der Waals surface area (Å²) < 4.78 is 5.72. The van der Waals surface area contributed by atoms with Crippen LogP contribution >= 0.6 is 0 Å². The first-order valence-electron chi connectivity index (χ1n) is 9.76. The van der Waals surface area contributed by atoms with Gasteiger partial charge in [0.1, 0.15) is 0 Å². The molecule has 2 aliphatic carbocycles. The third kappa shape index (κ3) is 9.52. The van der Waals surface area contributed by atoms with Gasteiger partial charge in [-0.25, -0.2) is 0 Å². The van der Waals surface area contributed by atoms with Gasteiger partial charge in [0.25, 0.3) is 0 Å². The smallest absolute Gasteiger partial charge is 0.0494 e. The van der Waals surface area contributed by atoms with Gasteiger partial charge in [-0.1, -0.05) is 57.8 Å². The molecule has 0 radical (unpaired) electrons. The largest absolute Gasteiger partial charge is 0.381 e. The van der Waals surface area contributed by atoms with E-state index in [1.807, 2.05) is 0 Å². The monoisotopic (exact) mass is 295 g/mol. The van der Waals surface area contributed by atoms with Gasteiger partial charge in [-0.15, -0.1) is 0 Å². The third-order valence-corrected chi connectivity index (χ3v) is 5.05. The Hall–Kier alpha value is -0.0800. The Morgan fingerprint density at radius 2 is 1.29 bits per heavy atom. The predicted octanol–water partition coefficient (Wildman–Crippen LogP) is 5.07. The molecule has 0 bridgehead atoms. The lowest BCUT2D eigenvalue weighted by Gasteiger charge is -2.19. The third-order valence-electron chi connectivity index (χ3n) is 5.05. The summed E-state index contributed by atoms with van der Waals surface area (Å²) in [6, 6.07) is 0.771. The summed E-state index contributed by atoms with van der Waals surface area (Å²) in [7, 11) is 0. The van der Waals surface area contributed by atoms with E-state index in [4.69, 9.17) is 4.74 Å². The topological polar surface area (TPSA) is 21.3 Å². The van der Waals surface area contributed by atoms with E-state index in [-0.39, 0.29) is 0 Å². The van der Waals surface area contributed by atoms with Crippen molar-refractivity contribution in [3.05, 3.63) is 0 Å². The molecule has 0 aromatic heterocycles. The predicted molar refractivity (Wildman–Crippen MR) is 90.7 cm³/mol. The van der Waals surface area contributed by atoms with Crippen molar-refractivity contribution in [2.24, 2.45) is 5.92 Å². The van der Waals surface area contributed by atoms with Gasteiger partial charge in [-0.3, -0.25) is 0 Å². The van der Waals surface area contributed by atoms with Crippen molar-refractivity contribution in [1.82, 2.24) is 5.32 Å². The summed E-state index contributed by atoms with van der Waals surface area (Å²) in [5.41, 5.74) is 0. The average molecular weight is 296 g/mol. The molecule has 0 atom stereocenters. The summed E-state index contributed by atoms with van der Waals surface area (Å²) >= 11 is 0. The SMILES string of the molecule is C1CCCCCC(NCCCOCC2CC2)CCCCC1. The molecule has 0 unspecified atom stereocenters. The van der Waals surface area contributed by atoms with Crippen molar-refractivity contribution in [1.29, 1.82) is 0 Å². The molecule has 0 saturated heterocycles.